The van der Waals surface area contributed by atoms with Crippen molar-refractivity contribution in [1.29, 1.82) is 0 Å². The number of rotatable bonds is 3. The molecule has 1 aliphatic heterocycles. The lowest BCUT2D eigenvalue weighted by atomic mass is 9.95. The monoisotopic (exact) mass is 283 g/mol. The van der Waals surface area contributed by atoms with Gasteiger partial charge in [-0.05, 0) is 49.2 Å². The van der Waals surface area contributed by atoms with E-state index in [1.165, 1.54) is 16.8 Å². The van der Waals surface area contributed by atoms with E-state index in [1.807, 2.05) is 19.2 Å². The fourth-order valence-corrected chi connectivity index (χ4v) is 2.86. The van der Waals surface area contributed by atoms with Crippen LogP contribution in [0.3, 0.4) is 0 Å². The predicted octanol–water partition coefficient (Wildman–Crippen LogP) is 1.91. The maximum Gasteiger partial charge on any atom is 0.251 e. The summed E-state index contributed by atoms with van der Waals surface area (Å²) in [5.74, 6) is 0.0209. The summed E-state index contributed by atoms with van der Waals surface area (Å²) < 4.78 is 2.10. The first kappa shape index (κ1) is 13.9. The molecule has 0 aliphatic carbocycles. The molecule has 1 aromatic heterocycles. The normalized spacial score (nSPS) is 13.8. The number of amides is 1. The number of aryl methyl sites for hydroxylation is 1. The number of benzene rings is 1. The van der Waals surface area contributed by atoms with Crippen LogP contribution in [0.2, 0.25) is 0 Å². The molecule has 0 fully saturated rings. The predicted molar refractivity (Wildman–Crippen MR) is 83.2 cm³/mol. The summed E-state index contributed by atoms with van der Waals surface area (Å²) >= 11 is 0. The third kappa shape index (κ3) is 2.72. The summed E-state index contributed by atoms with van der Waals surface area (Å²) in [6, 6.07) is 10.1. The van der Waals surface area contributed by atoms with Crippen LogP contribution in [-0.2, 0) is 26.6 Å². The van der Waals surface area contributed by atoms with Gasteiger partial charge in [-0.3, -0.25) is 4.79 Å². The van der Waals surface area contributed by atoms with Crippen molar-refractivity contribution >= 4 is 5.91 Å². The highest BCUT2D eigenvalue weighted by Crippen LogP contribution is 2.18. The average Bonchev–Trinajstić information content (AvgIpc) is 2.84. The molecule has 2 N–H and O–H groups in total. The molecule has 2 heterocycles. The van der Waals surface area contributed by atoms with Crippen molar-refractivity contribution in [3.63, 3.8) is 0 Å². The van der Waals surface area contributed by atoms with Gasteiger partial charge in [0.2, 0.25) is 0 Å². The van der Waals surface area contributed by atoms with Gasteiger partial charge in [0, 0.05) is 30.5 Å². The fraction of sp³-hybridized carbons (Fsp3) is 0.353. The van der Waals surface area contributed by atoms with Gasteiger partial charge in [-0.1, -0.05) is 12.1 Å². The van der Waals surface area contributed by atoms with Crippen LogP contribution < -0.4 is 10.6 Å². The number of nitrogens with zero attached hydrogens (tertiary/aromatic N) is 1. The fourth-order valence-electron chi connectivity index (χ4n) is 2.86. The van der Waals surface area contributed by atoms with Crippen LogP contribution in [-0.4, -0.2) is 17.0 Å². The second kappa shape index (κ2) is 5.74. The van der Waals surface area contributed by atoms with E-state index < -0.39 is 0 Å². The minimum Gasteiger partial charge on any atom is -0.350 e. The Balaban J connectivity index is 1.75. The van der Waals surface area contributed by atoms with Crippen molar-refractivity contribution in [3.8, 4) is 0 Å². The first-order valence-electron chi connectivity index (χ1n) is 7.37. The van der Waals surface area contributed by atoms with Crippen LogP contribution in [0.5, 0.6) is 0 Å². The summed E-state index contributed by atoms with van der Waals surface area (Å²) in [5.41, 5.74) is 5.56. The largest absolute Gasteiger partial charge is 0.350 e. The van der Waals surface area contributed by atoms with Crippen LogP contribution in [0.25, 0.3) is 0 Å². The van der Waals surface area contributed by atoms with Gasteiger partial charge in [-0.25, -0.2) is 0 Å². The lowest BCUT2D eigenvalue weighted by Gasteiger charge is -2.20. The summed E-state index contributed by atoms with van der Waals surface area (Å²) in [7, 11) is 2.02. The summed E-state index contributed by atoms with van der Waals surface area (Å²) in [4.78, 5) is 12.5. The maximum atomic E-state index is 12.5. The Morgan fingerprint density at radius 1 is 1.33 bits per heavy atom. The molecule has 0 radical (unpaired) electrons. The van der Waals surface area contributed by atoms with E-state index in [1.54, 1.807) is 0 Å². The second-order valence-electron chi connectivity index (χ2n) is 5.58. The maximum absolute atomic E-state index is 12.5. The molecule has 2 aromatic rings. The van der Waals surface area contributed by atoms with Crippen molar-refractivity contribution in [2.24, 2.45) is 7.05 Å². The zero-order valence-electron chi connectivity index (χ0n) is 12.6. The zero-order valence-corrected chi connectivity index (χ0v) is 12.6. The number of carbonyl (C=O) groups is 1. The molecule has 0 unspecified atom stereocenters. The minimum absolute atomic E-state index is 0.0209. The smallest absolute Gasteiger partial charge is 0.251 e. The van der Waals surface area contributed by atoms with Crippen molar-refractivity contribution in [1.82, 2.24) is 15.2 Å². The molecule has 1 aromatic carbocycles. The molecule has 0 saturated carbocycles. The highest BCUT2D eigenvalue weighted by atomic mass is 16.1. The third-order valence-electron chi connectivity index (χ3n) is 4.29. The number of hydrogen-bond acceptors (Lipinski definition) is 2. The second-order valence-corrected chi connectivity index (χ2v) is 5.58. The first-order chi connectivity index (χ1) is 10.2. The van der Waals surface area contributed by atoms with Gasteiger partial charge < -0.3 is 15.2 Å². The van der Waals surface area contributed by atoms with E-state index in [0.29, 0.717) is 6.54 Å². The van der Waals surface area contributed by atoms with E-state index in [2.05, 4.69) is 40.3 Å². The van der Waals surface area contributed by atoms with Crippen molar-refractivity contribution in [2.45, 2.75) is 26.4 Å². The molecule has 1 aliphatic rings. The van der Waals surface area contributed by atoms with Crippen molar-refractivity contribution < 1.29 is 4.79 Å². The average molecular weight is 283 g/mol. The zero-order chi connectivity index (χ0) is 14.8. The molecule has 0 bridgehead atoms. The Morgan fingerprint density at radius 2 is 2.19 bits per heavy atom. The number of hydrogen-bond donors (Lipinski definition) is 2. The highest BCUT2D eigenvalue weighted by molar-refractivity contribution is 5.96. The SMILES string of the molecule is Cc1ccc(CNC(=O)c2cccc3c2CCNC3)n1C. The topological polar surface area (TPSA) is 46.1 Å². The number of aromatic nitrogens is 1. The number of carbonyl (C=O) groups excluding carboxylic acids is 1. The van der Waals surface area contributed by atoms with Crippen LogP contribution >= 0.6 is 0 Å². The van der Waals surface area contributed by atoms with Crippen LogP contribution in [0.1, 0.15) is 32.9 Å². The highest BCUT2D eigenvalue weighted by Gasteiger charge is 2.17. The molecule has 0 atom stereocenters. The van der Waals surface area contributed by atoms with E-state index in [-0.39, 0.29) is 5.91 Å². The molecule has 4 heteroatoms. The van der Waals surface area contributed by atoms with Gasteiger partial charge in [0.15, 0.2) is 0 Å². The number of fused-ring (bicyclic) bond motifs is 1. The lowest BCUT2D eigenvalue weighted by molar-refractivity contribution is 0.0949. The molecule has 21 heavy (non-hydrogen) atoms. The van der Waals surface area contributed by atoms with Crippen molar-refractivity contribution in [2.75, 3.05) is 6.54 Å². The van der Waals surface area contributed by atoms with Crippen LogP contribution in [0.4, 0.5) is 0 Å². The quantitative estimate of drug-likeness (QED) is 0.904. The van der Waals surface area contributed by atoms with E-state index in [4.69, 9.17) is 0 Å². The molecule has 0 saturated heterocycles. The van der Waals surface area contributed by atoms with Gasteiger partial charge in [0.05, 0.1) is 6.54 Å². The van der Waals surface area contributed by atoms with Gasteiger partial charge in [-0.2, -0.15) is 0 Å². The van der Waals surface area contributed by atoms with Crippen LogP contribution in [0.15, 0.2) is 30.3 Å². The Bertz CT molecular complexity index is 673. The molecular weight excluding hydrogens is 262 g/mol. The molecule has 4 nitrogen and oxygen atoms in total. The van der Waals surface area contributed by atoms with Gasteiger partial charge >= 0.3 is 0 Å². The molecule has 0 spiro atoms. The van der Waals surface area contributed by atoms with Crippen molar-refractivity contribution in [3.05, 3.63) is 58.4 Å². The third-order valence-corrected chi connectivity index (χ3v) is 4.29. The Morgan fingerprint density at radius 3 is 2.95 bits per heavy atom. The Hall–Kier alpha value is -2.07. The standard InChI is InChI=1S/C17H21N3O/c1-12-6-7-14(20(12)2)11-19-17(21)16-5-3-4-13-10-18-9-8-15(13)16/h3-7,18H,8-11H2,1-2H3,(H,19,21). The summed E-state index contributed by atoms with van der Waals surface area (Å²) in [6.07, 6.45) is 0.919. The van der Waals surface area contributed by atoms with E-state index >= 15 is 0 Å². The van der Waals surface area contributed by atoms with Gasteiger partial charge in [0.1, 0.15) is 0 Å². The Labute approximate surface area is 125 Å². The van der Waals surface area contributed by atoms with E-state index in [9.17, 15) is 4.79 Å². The van der Waals surface area contributed by atoms with Gasteiger partial charge in [0.25, 0.3) is 5.91 Å². The summed E-state index contributed by atoms with van der Waals surface area (Å²) in [6.45, 7) is 4.42. The lowest BCUT2D eigenvalue weighted by Crippen LogP contribution is -2.29. The number of nitrogens with one attached hydrogen (secondary N) is 2. The molecule has 1 amide bonds. The Kier molecular flexibility index (Phi) is 3.80. The molecular formula is C17H21N3O. The van der Waals surface area contributed by atoms with E-state index in [0.717, 1.165) is 30.8 Å². The first-order valence-corrected chi connectivity index (χ1v) is 7.37. The molecule has 110 valence electrons. The minimum atomic E-state index is 0.0209. The van der Waals surface area contributed by atoms with Crippen LogP contribution in [0, 0.1) is 6.92 Å². The molecule has 3 rings (SSSR count). The van der Waals surface area contributed by atoms with Gasteiger partial charge in [-0.15, -0.1) is 0 Å². The summed E-state index contributed by atoms with van der Waals surface area (Å²) in [5, 5.41) is 6.38.